The maximum Gasteiger partial charge on any atom is 0.344 e. The molecule has 5 rings (SSSR count). The van der Waals surface area contributed by atoms with Gasteiger partial charge in [0.15, 0.2) is 0 Å². The Morgan fingerprint density at radius 3 is 1.36 bits per heavy atom. The van der Waals surface area contributed by atoms with Gasteiger partial charge in [0.1, 0.15) is 22.3 Å². The molecule has 0 saturated heterocycles. The molecule has 3 aromatic carbocycles. The molecule has 4 N–H and O–H groups in total. The highest BCUT2D eigenvalue weighted by molar-refractivity contribution is 6.28. The zero-order valence-corrected chi connectivity index (χ0v) is 19.8. The summed E-state index contributed by atoms with van der Waals surface area (Å²) in [5, 5.41) is 0.820. The van der Waals surface area contributed by atoms with Crippen molar-refractivity contribution in [2.75, 3.05) is 24.7 Å². The van der Waals surface area contributed by atoms with Crippen LogP contribution in [0.3, 0.4) is 0 Å². The summed E-state index contributed by atoms with van der Waals surface area (Å²) in [6.45, 7) is 3.72. The lowest BCUT2D eigenvalue weighted by Crippen LogP contribution is -2.07. The van der Waals surface area contributed by atoms with Gasteiger partial charge in [-0.3, -0.25) is 0 Å². The van der Waals surface area contributed by atoms with E-state index in [2.05, 4.69) is 0 Å². The number of esters is 2. The van der Waals surface area contributed by atoms with Crippen molar-refractivity contribution in [1.82, 2.24) is 0 Å². The van der Waals surface area contributed by atoms with Crippen LogP contribution in [0.1, 0.15) is 34.6 Å². The number of furan rings is 2. The zero-order valence-electron chi connectivity index (χ0n) is 19.8. The van der Waals surface area contributed by atoms with Crippen molar-refractivity contribution in [3.63, 3.8) is 0 Å². The number of ether oxygens (including phenoxy) is 2. The fraction of sp³-hybridized carbons (Fsp3) is 0.143. The molecule has 0 aliphatic heterocycles. The van der Waals surface area contributed by atoms with Crippen LogP contribution >= 0.6 is 0 Å². The number of benzene rings is 3. The van der Waals surface area contributed by atoms with Crippen molar-refractivity contribution in [2.24, 2.45) is 0 Å². The van der Waals surface area contributed by atoms with E-state index in [-0.39, 0.29) is 36.1 Å². The number of anilines is 2. The predicted molar refractivity (Wildman–Crippen MR) is 138 cm³/mol. The summed E-state index contributed by atoms with van der Waals surface area (Å²) in [5.74, 6) is -1.46. The Bertz CT molecular complexity index is 1480. The molecular weight excluding hydrogens is 460 g/mol. The van der Waals surface area contributed by atoms with Crippen LogP contribution in [0.2, 0.25) is 0 Å². The molecule has 0 bridgehead atoms. The molecule has 2 heterocycles. The average Bonchev–Trinajstić information content (AvgIpc) is 3.39. The van der Waals surface area contributed by atoms with Gasteiger partial charge in [0.05, 0.1) is 13.2 Å². The number of rotatable bonds is 6. The first kappa shape index (κ1) is 23.0. The molecule has 0 aliphatic carbocycles. The number of carbonyl (C=O) groups excluding carboxylic acids is 2. The third-order valence-electron chi connectivity index (χ3n) is 5.91. The van der Waals surface area contributed by atoms with Crippen molar-refractivity contribution in [2.45, 2.75) is 13.8 Å². The first-order valence-electron chi connectivity index (χ1n) is 11.5. The summed E-state index contributed by atoms with van der Waals surface area (Å²) in [7, 11) is 0. The minimum atomic E-state index is -0.630. The largest absolute Gasteiger partial charge is 0.462 e. The summed E-state index contributed by atoms with van der Waals surface area (Å²) in [5.41, 5.74) is 15.7. The fourth-order valence-electron chi connectivity index (χ4n) is 4.53. The molecule has 0 fully saturated rings. The Hall–Kier alpha value is -4.72. The molecule has 2 aromatic heterocycles. The highest BCUT2D eigenvalue weighted by atomic mass is 16.5. The van der Waals surface area contributed by atoms with Gasteiger partial charge in [-0.25, -0.2) is 9.59 Å². The second-order valence-electron chi connectivity index (χ2n) is 8.01. The van der Waals surface area contributed by atoms with Gasteiger partial charge in [-0.2, -0.15) is 0 Å². The zero-order chi connectivity index (χ0) is 25.4. The van der Waals surface area contributed by atoms with E-state index in [1.807, 2.05) is 60.7 Å². The van der Waals surface area contributed by atoms with Crippen molar-refractivity contribution >= 4 is 45.6 Å². The van der Waals surface area contributed by atoms with Crippen molar-refractivity contribution in [3.8, 4) is 22.3 Å². The molecule has 8 heteroatoms. The Morgan fingerprint density at radius 2 is 1.03 bits per heavy atom. The molecule has 0 aliphatic rings. The quantitative estimate of drug-likeness (QED) is 0.279. The molecule has 8 nitrogen and oxygen atoms in total. The van der Waals surface area contributed by atoms with E-state index in [9.17, 15) is 9.59 Å². The van der Waals surface area contributed by atoms with Crippen LogP contribution in [0.25, 0.3) is 44.2 Å². The first-order chi connectivity index (χ1) is 17.5. The molecule has 36 heavy (non-hydrogen) atoms. The van der Waals surface area contributed by atoms with Gasteiger partial charge in [0.2, 0.25) is 11.8 Å². The molecule has 0 atom stereocenters. The number of hydrogen-bond acceptors (Lipinski definition) is 8. The standard InChI is InChI=1S/C28H24N2O6/c1-3-33-27(31)21-19-17(15-11-7-5-8-12-15)24-20(22(26(30)36-24)28(32)34-4-2)18(23(19)35-25(21)29)16-13-9-6-10-14-16/h5-14H,3-4,29-30H2,1-2H3. The second-order valence-corrected chi connectivity index (χ2v) is 8.01. The highest BCUT2D eigenvalue weighted by Gasteiger charge is 2.34. The maximum atomic E-state index is 13.1. The Balaban J connectivity index is 2.06. The summed E-state index contributed by atoms with van der Waals surface area (Å²) in [6, 6.07) is 18.6. The van der Waals surface area contributed by atoms with E-state index in [0.717, 1.165) is 0 Å². The first-order valence-corrected chi connectivity index (χ1v) is 11.5. The molecule has 182 valence electrons. The molecule has 0 saturated carbocycles. The number of fused-ring (bicyclic) bond motifs is 2. The number of hydrogen-bond donors (Lipinski definition) is 2. The van der Waals surface area contributed by atoms with Crippen molar-refractivity contribution in [3.05, 3.63) is 71.8 Å². The minimum Gasteiger partial charge on any atom is -0.462 e. The van der Waals surface area contributed by atoms with Crippen molar-refractivity contribution < 1.29 is 27.9 Å². The monoisotopic (exact) mass is 484 g/mol. The van der Waals surface area contributed by atoms with Crippen LogP contribution < -0.4 is 11.5 Å². The van der Waals surface area contributed by atoms with Crippen LogP contribution in [0.4, 0.5) is 11.8 Å². The van der Waals surface area contributed by atoms with Gasteiger partial charge >= 0.3 is 11.9 Å². The summed E-state index contributed by atoms with van der Waals surface area (Å²) in [4.78, 5) is 26.2. The van der Waals surface area contributed by atoms with Crippen molar-refractivity contribution in [1.29, 1.82) is 0 Å². The molecular formula is C28H24N2O6. The van der Waals surface area contributed by atoms with E-state index in [1.54, 1.807) is 13.8 Å². The van der Waals surface area contributed by atoms with Gasteiger partial charge in [-0.1, -0.05) is 60.7 Å². The molecule has 0 amide bonds. The van der Waals surface area contributed by atoms with Crippen LogP contribution in [0.5, 0.6) is 0 Å². The van der Waals surface area contributed by atoms with Gasteiger partial charge < -0.3 is 29.8 Å². The van der Waals surface area contributed by atoms with Crippen LogP contribution in [0.15, 0.2) is 69.5 Å². The number of nitrogens with two attached hydrogens (primary N) is 2. The highest BCUT2D eigenvalue weighted by Crippen LogP contribution is 2.50. The smallest absolute Gasteiger partial charge is 0.344 e. The van der Waals surface area contributed by atoms with Gasteiger partial charge in [-0.15, -0.1) is 0 Å². The predicted octanol–water partition coefficient (Wildman–Crippen LogP) is 6.03. The topological polar surface area (TPSA) is 131 Å². The summed E-state index contributed by atoms with van der Waals surface area (Å²) >= 11 is 0. The lowest BCUT2D eigenvalue weighted by molar-refractivity contribution is 0.0519. The number of carbonyl (C=O) groups is 2. The Morgan fingerprint density at radius 1 is 0.667 bits per heavy atom. The van der Waals surface area contributed by atoms with E-state index in [4.69, 9.17) is 29.8 Å². The molecule has 0 spiro atoms. The van der Waals surface area contributed by atoms with Gasteiger partial charge in [-0.05, 0) is 25.0 Å². The SMILES string of the molecule is CCOC(=O)c1c(N)oc2c(-c3ccccc3)c3c(C(=O)OCC)c(N)oc3c(-c3ccccc3)c12. The van der Waals surface area contributed by atoms with Gasteiger partial charge in [0.25, 0.3) is 0 Å². The molecule has 0 radical (unpaired) electrons. The van der Waals surface area contributed by atoms with Crippen LogP contribution in [-0.4, -0.2) is 25.2 Å². The van der Waals surface area contributed by atoms with Gasteiger partial charge in [0, 0.05) is 21.9 Å². The van der Waals surface area contributed by atoms with E-state index in [1.165, 1.54) is 0 Å². The van der Waals surface area contributed by atoms with E-state index in [0.29, 0.717) is 44.2 Å². The Labute approximate surface area is 206 Å². The Kier molecular flexibility index (Phi) is 5.85. The minimum absolute atomic E-state index is 0.0810. The molecule has 5 aromatic rings. The fourth-order valence-corrected chi connectivity index (χ4v) is 4.53. The van der Waals surface area contributed by atoms with E-state index >= 15 is 0 Å². The summed E-state index contributed by atoms with van der Waals surface area (Å²) in [6.07, 6.45) is 0. The normalized spacial score (nSPS) is 11.2. The lowest BCUT2D eigenvalue weighted by atomic mass is 9.89. The third-order valence-corrected chi connectivity index (χ3v) is 5.91. The maximum absolute atomic E-state index is 13.1. The number of nitrogen functional groups attached to an aromatic ring is 2. The van der Waals surface area contributed by atoms with E-state index < -0.39 is 11.9 Å². The summed E-state index contributed by atoms with van der Waals surface area (Å²) < 4.78 is 22.8. The average molecular weight is 485 g/mol. The third kappa shape index (κ3) is 3.54. The van der Waals surface area contributed by atoms with Crippen LogP contribution in [0, 0.1) is 0 Å². The second kappa shape index (κ2) is 9.14. The lowest BCUT2D eigenvalue weighted by Gasteiger charge is -2.12. The molecule has 0 unspecified atom stereocenters. The van der Waals surface area contributed by atoms with Crippen LogP contribution in [-0.2, 0) is 9.47 Å².